The van der Waals surface area contributed by atoms with Crippen LogP contribution in [0, 0.1) is 17.1 Å². The zero-order valence-electron chi connectivity index (χ0n) is 12.2. The largest absolute Gasteiger partial charge is 0.302 e. The number of hydrogen-bond acceptors (Lipinski definition) is 3. The number of halogens is 1. The lowest BCUT2D eigenvalue weighted by Crippen LogP contribution is -2.25. The lowest BCUT2D eigenvalue weighted by molar-refractivity contribution is 0.447. The Morgan fingerprint density at radius 3 is 2.48 bits per heavy atom. The molecule has 0 aliphatic rings. The van der Waals surface area contributed by atoms with Gasteiger partial charge in [-0.3, -0.25) is 4.98 Å². The Morgan fingerprint density at radius 1 is 1.24 bits per heavy atom. The Kier molecular flexibility index (Phi) is 5.02. The number of benzene rings is 1. The quantitative estimate of drug-likeness (QED) is 0.905. The van der Waals surface area contributed by atoms with Gasteiger partial charge in [0.25, 0.3) is 0 Å². The van der Waals surface area contributed by atoms with Crippen molar-refractivity contribution in [1.82, 2.24) is 10.3 Å². The standard InChI is InChI=1S/C17H18FN3/c1-3-16(17-9-8-15(18)11-20-17)21-12(2)14-6-4-13(10-19)5-7-14/h4-9,11-12,16,21H,3H2,1-2H3. The first-order valence-corrected chi connectivity index (χ1v) is 7.01. The van der Waals surface area contributed by atoms with Crippen LogP contribution < -0.4 is 5.32 Å². The van der Waals surface area contributed by atoms with Crippen LogP contribution in [0.1, 0.15) is 49.2 Å². The third-order valence-electron chi connectivity index (χ3n) is 3.51. The van der Waals surface area contributed by atoms with Gasteiger partial charge in [0, 0.05) is 12.1 Å². The van der Waals surface area contributed by atoms with Crippen molar-refractivity contribution in [3.8, 4) is 6.07 Å². The molecule has 0 aliphatic heterocycles. The molecule has 0 fully saturated rings. The minimum absolute atomic E-state index is 0.0660. The van der Waals surface area contributed by atoms with Crippen LogP contribution in [0.4, 0.5) is 4.39 Å². The number of hydrogen-bond donors (Lipinski definition) is 1. The summed E-state index contributed by atoms with van der Waals surface area (Å²) >= 11 is 0. The van der Waals surface area contributed by atoms with Crippen LogP contribution in [-0.2, 0) is 0 Å². The summed E-state index contributed by atoms with van der Waals surface area (Å²) in [5.74, 6) is -0.325. The molecule has 0 saturated heterocycles. The molecule has 3 nitrogen and oxygen atoms in total. The first kappa shape index (κ1) is 15.1. The summed E-state index contributed by atoms with van der Waals surface area (Å²) in [6.07, 6.45) is 2.10. The van der Waals surface area contributed by atoms with Crippen molar-refractivity contribution in [1.29, 1.82) is 5.26 Å². The van der Waals surface area contributed by atoms with Gasteiger partial charge in [0.05, 0.1) is 23.5 Å². The molecule has 2 atom stereocenters. The van der Waals surface area contributed by atoms with Crippen LogP contribution in [0.3, 0.4) is 0 Å². The van der Waals surface area contributed by atoms with Gasteiger partial charge in [-0.05, 0) is 43.2 Å². The van der Waals surface area contributed by atoms with Gasteiger partial charge in [-0.15, -0.1) is 0 Å². The fourth-order valence-corrected chi connectivity index (χ4v) is 2.25. The van der Waals surface area contributed by atoms with E-state index in [0.29, 0.717) is 5.56 Å². The molecule has 1 aromatic heterocycles. The summed E-state index contributed by atoms with van der Waals surface area (Å²) in [7, 11) is 0. The molecule has 0 bridgehead atoms. The Balaban J connectivity index is 2.10. The van der Waals surface area contributed by atoms with Crippen LogP contribution in [0.15, 0.2) is 42.6 Å². The average molecular weight is 283 g/mol. The van der Waals surface area contributed by atoms with Gasteiger partial charge in [0.1, 0.15) is 5.82 Å². The lowest BCUT2D eigenvalue weighted by Gasteiger charge is -2.22. The maximum atomic E-state index is 12.9. The Labute approximate surface area is 124 Å². The van der Waals surface area contributed by atoms with Crippen molar-refractivity contribution in [3.63, 3.8) is 0 Å². The second kappa shape index (κ2) is 6.96. The van der Waals surface area contributed by atoms with Crippen molar-refractivity contribution in [2.75, 3.05) is 0 Å². The number of nitrogens with zero attached hydrogens (tertiary/aromatic N) is 2. The summed E-state index contributed by atoms with van der Waals surface area (Å²) in [4.78, 5) is 4.14. The summed E-state index contributed by atoms with van der Waals surface area (Å²) in [6.45, 7) is 4.13. The van der Waals surface area contributed by atoms with E-state index in [4.69, 9.17) is 5.26 Å². The molecule has 2 rings (SSSR count). The second-order valence-electron chi connectivity index (χ2n) is 4.98. The van der Waals surface area contributed by atoms with E-state index in [1.165, 1.54) is 12.3 Å². The van der Waals surface area contributed by atoms with Crippen molar-refractivity contribution >= 4 is 0 Å². The normalized spacial score (nSPS) is 13.4. The van der Waals surface area contributed by atoms with Crippen molar-refractivity contribution in [3.05, 3.63) is 65.2 Å². The Bertz CT molecular complexity index is 614. The fraction of sp³-hybridized carbons (Fsp3) is 0.294. The van der Waals surface area contributed by atoms with Crippen LogP contribution in [0.25, 0.3) is 0 Å². The Hall–Kier alpha value is -2.25. The predicted octanol–water partition coefficient (Wildman–Crippen LogP) is 3.89. The van der Waals surface area contributed by atoms with E-state index in [-0.39, 0.29) is 17.9 Å². The smallest absolute Gasteiger partial charge is 0.141 e. The first-order chi connectivity index (χ1) is 10.1. The van der Waals surface area contributed by atoms with Gasteiger partial charge < -0.3 is 5.32 Å². The van der Waals surface area contributed by atoms with Gasteiger partial charge in [-0.25, -0.2) is 4.39 Å². The molecule has 0 aliphatic carbocycles. The van der Waals surface area contributed by atoms with E-state index >= 15 is 0 Å². The highest BCUT2D eigenvalue weighted by atomic mass is 19.1. The molecule has 0 radical (unpaired) electrons. The predicted molar refractivity (Wildman–Crippen MR) is 79.9 cm³/mol. The van der Waals surface area contributed by atoms with Crippen LogP contribution in [-0.4, -0.2) is 4.98 Å². The molecule has 1 heterocycles. The van der Waals surface area contributed by atoms with E-state index in [1.54, 1.807) is 6.07 Å². The highest BCUT2D eigenvalue weighted by Gasteiger charge is 2.15. The summed E-state index contributed by atoms with van der Waals surface area (Å²) in [5.41, 5.74) is 2.59. The van der Waals surface area contributed by atoms with E-state index in [9.17, 15) is 4.39 Å². The third kappa shape index (κ3) is 3.87. The molecule has 4 heteroatoms. The van der Waals surface area contributed by atoms with Gasteiger partial charge in [-0.2, -0.15) is 5.26 Å². The zero-order valence-corrected chi connectivity index (χ0v) is 12.2. The average Bonchev–Trinajstić information content (AvgIpc) is 2.53. The second-order valence-corrected chi connectivity index (χ2v) is 4.98. The maximum Gasteiger partial charge on any atom is 0.141 e. The highest BCUT2D eigenvalue weighted by molar-refractivity contribution is 5.32. The number of rotatable bonds is 5. The number of nitrogens with one attached hydrogen (secondary N) is 1. The minimum Gasteiger partial charge on any atom is -0.302 e. The van der Waals surface area contributed by atoms with E-state index in [0.717, 1.165) is 17.7 Å². The van der Waals surface area contributed by atoms with E-state index < -0.39 is 0 Å². The minimum atomic E-state index is -0.325. The van der Waals surface area contributed by atoms with Crippen LogP contribution in [0.5, 0.6) is 0 Å². The number of pyridine rings is 1. The topological polar surface area (TPSA) is 48.7 Å². The van der Waals surface area contributed by atoms with Gasteiger partial charge in [-0.1, -0.05) is 19.1 Å². The summed E-state index contributed by atoms with van der Waals surface area (Å²) < 4.78 is 12.9. The SMILES string of the molecule is CCC(NC(C)c1ccc(C#N)cc1)c1ccc(F)cn1. The van der Waals surface area contributed by atoms with Gasteiger partial charge in [0.2, 0.25) is 0 Å². The van der Waals surface area contributed by atoms with Crippen molar-refractivity contribution < 1.29 is 4.39 Å². The monoisotopic (exact) mass is 283 g/mol. The molecule has 1 N–H and O–H groups in total. The molecule has 1 aromatic carbocycles. The Morgan fingerprint density at radius 2 is 1.95 bits per heavy atom. The van der Waals surface area contributed by atoms with Crippen LogP contribution in [0.2, 0.25) is 0 Å². The van der Waals surface area contributed by atoms with Crippen molar-refractivity contribution in [2.45, 2.75) is 32.4 Å². The van der Waals surface area contributed by atoms with Gasteiger partial charge >= 0.3 is 0 Å². The molecule has 108 valence electrons. The summed E-state index contributed by atoms with van der Waals surface area (Å²) in [5, 5.41) is 12.3. The molecule has 2 aromatic rings. The number of aromatic nitrogens is 1. The molecule has 2 unspecified atom stereocenters. The van der Waals surface area contributed by atoms with Crippen molar-refractivity contribution in [2.24, 2.45) is 0 Å². The molecular formula is C17H18FN3. The van der Waals surface area contributed by atoms with Gasteiger partial charge in [0.15, 0.2) is 0 Å². The molecule has 0 amide bonds. The molecule has 0 saturated carbocycles. The summed E-state index contributed by atoms with van der Waals surface area (Å²) in [6, 6.07) is 12.9. The van der Waals surface area contributed by atoms with E-state index in [1.807, 2.05) is 24.3 Å². The third-order valence-corrected chi connectivity index (χ3v) is 3.51. The molecule has 21 heavy (non-hydrogen) atoms. The zero-order chi connectivity index (χ0) is 15.2. The lowest BCUT2D eigenvalue weighted by atomic mass is 10.0. The highest BCUT2D eigenvalue weighted by Crippen LogP contribution is 2.21. The maximum absolute atomic E-state index is 12.9. The molecule has 0 spiro atoms. The first-order valence-electron chi connectivity index (χ1n) is 7.01. The number of nitriles is 1. The fourth-order valence-electron chi connectivity index (χ4n) is 2.25. The van der Waals surface area contributed by atoms with Crippen LogP contribution >= 0.6 is 0 Å². The molecular weight excluding hydrogens is 265 g/mol. The van der Waals surface area contributed by atoms with E-state index in [2.05, 4.69) is 30.2 Å².